The molecule has 2 aromatic heterocycles. The molecule has 0 saturated heterocycles. The largest absolute Gasteiger partial charge is 0.469 e. The highest BCUT2D eigenvalue weighted by Gasteiger charge is 2.53. The number of fused-ring (bicyclic) bond motifs is 4. The van der Waals surface area contributed by atoms with E-state index < -0.39 is 17.2 Å². The first-order valence-corrected chi connectivity index (χ1v) is 11.7. The minimum absolute atomic E-state index is 0.160. The number of methoxy groups -OCH3 is 1. The molecular formula is C26H26F3N3O3. The Kier molecular flexibility index (Phi) is 5.61. The lowest BCUT2D eigenvalue weighted by atomic mass is 9.57. The van der Waals surface area contributed by atoms with Gasteiger partial charge in [0, 0.05) is 11.7 Å². The molecule has 3 fully saturated rings. The van der Waals surface area contributed by atoms with E-state index in [1.807, 2.05) is 6.07 Å². The average molecular weight is 486 g/mol. The second kappa shape index (κ2) is 8.39. The number of aromatic nitrogens is 2. The van der Waals surface area contributed by atoms with Crippen molar-refractivity contribution in [3.05, 3.63) is 71.0 Å². The van der Waals surface area contributed by atoms with E-state index in [1.165, 1.54) is 25.4 Å². The van der Waals surface area contributed by atoms with E-state index in [2.05, 4.69) is 10.4 Å². The van der Waals surface area contributed by atoms with E-state index in [1.54, 1.807) is 16.8 Å². The molecule has 9 heteroatoms. The molecule has 3 saturated carbocycles. The van der Waals surface area contributed by atoms with Crippen LogP contribution in [-0.4, -0.2) is 34.1 Å². The summed E-state index contributed by atoms with van der Waals surface area (Å²) in [5.74, 6) is -0.389. The van der Waals surface area contributed by atoms with Crippen LogP contribution >= 0.6 is 0 Å². The topological polar surface area (TPSA) is 72.7 Å². The third kappa shape index (κ3) is 4.17. The monoisotopic (exact) mass is 485 g/mol. The molecule has 3 aromatic rings. The number of hydrogen-bond acceptors (Lipinski definition) is 4. The summed E-state index contributed by atoms with van der Waals surface area (Å²) in [4.78, 5) is 25.7. The number of hydrogen-bond donors (Lipinski definition) is 1. The van der Waals surface area contributed by atoms with Crippen molar-refractivity contribution in [1.29, 1.82) is 0 Å². The molecule has 2 bridgehead atoms. The van der Waals surface area contributed by atoms with Gasteiger partial charge in [0.2, 0.25) is 0 Å². The Morgan fingerprint density at radius 3 is 2.31 bits per heavy atom. The Hall–Kier alpha value is -3.36. The number of halogens is 3. The molecule has 0 atom stereocenters. The highest BCUT2D eigenvalue weighted by atomic mass is 19.4. The first kappa shape index (κ1) is 23.4. The third-order valence-corrected chi connectivity index (χ3v) is 7.79. The first-order valence-electron chi connectivity index (χ1n) is 11.7. The highest BCUT2D eigenvalue weighted by molar-refractivity contribution is 6.02. The number of alkyl halides is 3. The molecule has 0 spiro atoms. The third-order valence-electron chi connectivity index (χ3n) is 7.79. The summed E-state index contributed by atoms with van der Waals surface area (Å²) in [6.07, 6.45) is 3.46. The average Bonchev–Trinajstić information content (AvgIpc) is 3.30. The van der Waals surface area contributed by atoms with Gasteiger partial charge in [0.05, 0.1) is 35.4 Å². The maximum atomic E-state index is 13.4. The number of pyridine rings is 1. The van der Waals surface area contributed by atoms with Crippen LogP contribution in [0.15, 0.2) is 48.8 Å². The van der Waals surface area contributed by atoms with Crippen molar-refractivity contribution >= 4 is 17.4 Å². The van der Waals surface area contributed by atoms with E-state index >= 15 is 0 Å². The van der Waals surface area contributed by atoms with Crippen molar-refractivity contribution < 1.29 is 27.5 Å². The number of rotatable bonds is 5. The molecule has 1 N–H and O–H groups in total. The van der Waals surface area contributed by atoms with E-state index in [4.69, 9.17) is 4.74 Å². The number of carbonyl (C=O) groups excluding carboxylic acids is 2. The lowest BCUT2D eigenvalue weighted by Crippen LogP contribution is -2.58. The lowest BCUT2D eigenvalue weighted by Gasteiger charge is -2.51. The van der Waals surface area contributed by atoms with E-state index in [0.29, 0.717) is 61.6 Å². The number of carbonyl (C=O) groups is 2. The van der Waals surface area contributed by atoms with Gasteiger partial charge in [-0.3, -0.25) is 9.59 Å². The van der Waals surface area contributed by atoms with Crippen LogP contribution in [0.3, 0.4) is 0 Å². The number of nitrogens with one attached hydrogen (secondary N) is 1. The second-order valence-corrected chi connectivity index (χ2v) is 9.76. The Morgan fingerprint density at radius 1 is 1.06 bits per heavy atom. The van der Waals surface area contributed by atoms with Crippen LogP contribution in [0.1, 0.15) is 65.6 Å². The maximum Gasteiger partial charge on any atom is 0.416 e. The summed E-state index contributed by atoms with van der Waals surface area (Å²) in [6.45, 7) is 0. The number of nitrogens with zero attached hydrogens (tertiary/aromatic N) is 2. The molecule has 2 heterocycles. The highest BCUT2D eigenvalue weighted by Crippen LogP contribution is 2.53. The van der Waals surface area contributed by atoms with Crippen molar-refractivity contribution in [2.24, 2.45) is 5.41 Å². The molecule has 0 radical (unpaired) electrons. The normalized spacial score (nSPS) is 23.9. The van der Waals surface area contributed by atoms with Gasteiger partial charge in [-0.1, -0.05) is 18.2 Å². The second-order valence-electron chi connectivity index (χ2n) is 9.76. The van der Waals surface area contributed by atoms with Crippen LogP contribution in [0, 0.1) is 5.41 Å². The summed E-state index contributed by atoms with van der Waals surface area (Å²) < 4.78 is 45.4. The van der Waals surface area contributed by atoms with Gasteiger partial charge in [0.1, 0.15) is 0 Å². The van der Waals surface area contributed by atoms with Gasteiger partial charge in [-0.2, -0.15) is 18.3 Å². The summed E-state index contributed by atoms with van der Waals surface area (Å²) in [5.41, 5.74) is 1.08. The van der Waals surface area contributed by atoms with Gasteiger partial charge in [0.15, 0.2) is 0 Å². The molecule has 6 nitrogen and oxygen atoms in total. The van der Waals surface area contributed by atoms with Crippen molar-refractivity contribution in [3.8, 4) is 0 Å². The Balaban J connectivity index is 1.37. The smallest absolute Gasteiger partial charge is 0.416 e. The quantitative estimate of drug-likeness (QED) is 0.520. The zero-order valence-electron chi connectivity index (χ0n) is 19.3. The Labute approximate surface area is 200 Å². The standard InChI is InChI=1S/C26H26F3N3O3/c1-35-23(34)24-8-11-25(12-9-24,13-10-24)31-22(33)20-16-30-32-14-2-3-18(21(20)32)15-17-4-6-19(7-5-17)26(27,28)29/h2-7,14,16H,8-13,15H2,1H3,(H,31,33). The summed E-state index contributed by atoms with van der Waals surface area (Å²) in [5, 5.41) is 7.57. The van der Waals surface area contributed by atoms with Gasteiger partial charge in [-0.15, -0.1) is 0 Å². The predicted molar refractivity (Wildman–Crippen MR) is 122 cm³/mol. The van der Waals surface area contributed by atoms with Crippen LogP contribution in [0.25, 0.3) is 5.52 Å². The van der Waals surface area contributed by atoms with Crippen LogP contribution in [-0.2, 0) is 22.1 Å². The molecule has 1 aromatic carbocycles. The maximum absolute atomic E-state index is 13.4. The zero-order chi connectivity index (χ0) is 24.8. The Morgan fingerprint density at radius 2 is 1.71 bits per heavy atom. The molecule has 0 aliphatic heterocycles. The van der Waals surface area contributed by atoms with Gasteiger partial charge < -0.3 is 10.1 Å². The molecule has 35 heavy (non-hydrogen) atoms. The van der Waals surface area contributed by atoms with Gasteiger partial charge in [0.25, 0.3) is 5.91 Å². The van der Waals surface area contributed by atoms with Crippen molar-refractivity contribution in [3.63, 3.8) is 0 Å². The van der Waals surface area contributed by atoms with E-state index in [9.17, 15) is 22.8 Å². The van der Waals surface area contributed by atoms with Crippen LogP contribution in [0.5, 0.6) is 0 Å². The van der Waals surface area contributed by atoms with Gasteiger partial charge >= 0.3 is 12.1 Å². The molecule has 1 amide bonds. The predicted octanol–water partition coefficient (Wildman–Crippen LogP) is 4.94. The fourth-order valence-electron chi connectivity index (χ4n) is 5.66. The van der Waals surface area contributed by atoms with Crippen molar-refractivity contribution in [1.82, 2.24) is 14.9 Å². The van der Waals surface area contributed by atoms with Crippen LogP contribution < -0.4 is 5.32 Å². The molecule has 3 aliphatic rings. The van der Waals surface area contributed by atoms with Gasteiger partial charge in [-0.05, 0) is 74.3 Å². The van der Waals surface area contributed by atoms with E-state index in [-0.39, 0.29) is 17.4 Å². The molecule has 3 aliphatic carbocycles. The SMILES string of the molecule is COC(=O)C12CCC(NC(=O)c3cnn4cccc(Cc5ccc(C(F)(F)F)cc5)c34)(CC1)CC2. The molecule has 184 valence electrons. The fourth-order valence-corrected chi connectivity index (χ4v) is 5.66. The van der Waals surface area contributed by atoms with Crippen molar-refractivity contribution in [2.45, 2.75) is 56.7 Å². The van der Waals surface area contributed by atoms with Crippen LogP contribution in [0.4, 0.5) is 13.2 Å². The van der Waals surface area contributed by atoms with Gasteiger partial charge in [-0.25, -0.2) is 4.52 Å². The first-order chi connectivity index (χ1) is 16.6. The number of ether oxygens (including phenoxy) is 1. The van der Waals surface area contributed by atoms with Crippen LogP contribution in [0.2, 0.25) is 0 Å². The fraction of sp³-hybridized carbons (Fsp3) is 0.423. The summed E-state index contributed by atoms with van der Waals surface area (Å²) >= 11 is 0. The van der Waals surface area contributed by atoms with Crippen molar-refractivity contribution in [2.75, 3.05) is 7.11 Å². The summed E-state index contributed by atoms with van der Waals surface area (Å²) in [6, 6.07) is 8.71. The lowest BCUT2D eigenvalue weighted by molar-refractivity contribution is -0.160. The minimum Gasteiger partial charge on any atom is -0.469 e. The minimum atomic E-state index is -4.39. The number of amides is 1. The summed E-state index contributed by atoms with van der Waals surface area (Å²) in [7, 11) is 1.42. The Bertz CT molecular complexity index is 1260. The molecule has 0 unspecified atom stereocenters. The van der Waals surface area contributed by atoms with E-state index in [0.717, 1.165) is 17.7 Å². The molecular weight excluding hydrogens is 459 g/mol. The molecule has 6 rings (SSSR count). The zero-order valence-corrected chi connectivity index (χ0v) is 19.3. The number of benzene rings is 1. The number of esters is 1.